The second kappa shape index (κ2) is 11.7. The molecule has 0 spiro atoms. The summed E-state index contributed by atoms with van der Waals surface area (Å²) in [6.07, 6.45) is 2.92. The van der Waals surface area contributed by atoms with Gasteiger partial charge in [0.2, 0.25) is 0 Å². The third-order valence-electron chi connectivity index (χ3n) is 7.51. The number of piperidine rings is 1. The summed E-state index contributed by atoms with van der Waals surface area (Å²) >= 11 is 0. The Hall–Kier alpha value is -2.17. The Morgan fingerprint density at radius 3 is 2.60 bits per heavy atom. The van der Waals surface area contributed by atoms with Crippen molar-refractivity contribution >= 4 is 5.97 Å². The van der Waals surface area contributed by atoms with Crippen LogP contribution in [-0.2, 0) is 29.2 Å². The number of fused-ring (bicyclic) bond motifs is 1. The van der Waals surface area contributed by atoms with Gasteiger partial charge in [-0.15, -0.1) is 0 Å². The van der Waals surface area contributed by atoms with Crippen molar-refractivity contribution in [3.63, 3.8) is 0 Å². The molecule has 3 atom stereocenters. The molecule has 1 aromatic rings. The molecule has 1 aromatic carbocycles. The van der Waals surface area contributed by atoms with Gasteiger partial charge in [-0.2, -0.15) is 0 Å². The van der Waals surface area contributed by atoms with Crippen LogP contribution in [0.4, 0.5) is 0 Å². The number of carbonyl (C=O) groups excluding carboxylic acids is 1. The molecule has 0 radical (unpaired) electrons. The zero-order valence-electron chi connectivity index (χ0n) is 21.5. The average molecular weight is 494 g/mol. The van der Waals surface area contributed by atoms with Crippen LogP contribution in [0.25, 0.3) is 0 Å². The molecule has 0 bridgehead atoms. The summed E-state index contributed by atoms with van der Waals surface area (Å²) in [7, 11) is 5.09. The number of phenolic OH excluding ortho intramolecular Hbond substituents is 1. The monoisotopic (exact) mass is 493 g/mol. The summed E-state index contributed by atoms with van der Waals surface area (Å²) in [6.45, 7) is 6.01. The average Bonchev–Trinajstić information content (AvgIpc) is 2.83. The summed E-state index contributed by atoms with van der Waals surface area (Å²) in [5.41, 5.74) is -0.545. The van der Waals surface area contributed by atoms with Crippen molar-refractivity contribution < 1.29 is 38.7 Å². The fraction of sp³-hybridized carbons (Fsp3) is 0.654. The fourth-order valence-corrected chi connectivity index (χ4v) is 5.43. The zero-order chi connectivity index (χ0) is 25.6. The van der Waals surface area contributed by atoms with Gasteiger partial charge in [-0.25, -0.2) is 4.79 Å². The number of methoxy groups -OCH3 is 2. The van der Waals surface area contributed by atoms with E-state index < -0.39 is 17.0 Å². The number of hydrogen-bond donors (Lipinski definition) is 2. The van der Waals surface area contributed by atoms with Gasteiger partial charge >= 0.3 is 5.97 Å². The van der Waals surface area contributed by atoms with Gasteiger partial charge < -0.3 is 38.8 Å². The maximum absolute atomic E-state index is 12.5. The molecule has 3 rings (SSSR count). The highest BCUT2D eigenvalue weighted by Gasteiger charge is 2.60. The van der Waals surface area contributed by atoms with Crippen molar-refractivity contribution in [3.8, 4) is 11.5 Å². The Balaban J connectivity index is 1.80. The first kappa shape index (κ1) is 27.4. The molecule has 1 aliphatic heterocycles. The molecule has 9 nitrogen and oxygen atoms in total. The molecular formula is C26H39NO8. The molecule has 3 unspecified atom stereocenters. The van der Waals surface area contributed by atoms with Gasteiger partial charge in [-0.3, -0.25) is 0 Å². The van der Waals surface area contributed by atoms with E-state index in [2.05, 4.69) is 4.90 Å². The number of carbonyl (C=O) groups is 1. The molecule has 196 valence electrons. The van der Waals surface area contributed by atoms with Gasteiger partial charge in [0.25, 0.3) is 0 Å². The summed E-state index contributed by atoms with van der Waals surface area (Å²) in [5.74, 6) is 0.328. The van der Waals surface area contributed by atoms with Gasteiger partial charge in [0.15, 0.2) is 11.5 Å². The molecule has 1 heterocycles. The Bertz CT molecular complexity index is 919. The number of allylic oxidation sites excluding steroid dienone is 1. The van der Waals surface area contributed by atoms with E-state index >= 15 is 0 Å². The third kappa shape index (κ3) is 5.49. The van der Waals surface area contributed by atoms with E-state index in [0.29, 0.717) is 49.9 Å². The Labute approximate surface area is 207 Å². The van der Waals surface area contributed by atoms with Crippen molar-refractivity contribution in [1.82, 2.24) is 4.90 Å². The molecule has 0 aromatic heterocycles. The van der Waals surface area contributed by atoms with Gasteiger partial charge in [0, 0.05) is 37.0 Å². The topological polar surface area (TPSA) is 107 Å². The first-order valence-corrected chi connectivity index (χ1v) is 12.0. The summed E-state index contributed by atoms with van der Waals surface area (Å²) in [4.78, 5) is 14.6. The number of esters is 1. The quantitative estimate of drug-likeness (QED) is 0.355. The van der Waals surface area contributed by atoms with Gasteiger partial charge in [-0.05, 0) is 51.6 Å². The van der Waals surface area contributed by atoms with Gasteiger partial charge in [-0.1, -0.05) is 6.07 Å². The van der Waals surface area contributed by atoms with Crippen molar-refractivity contribution in [2.75, 3.05) is 60.8 Å². The number of aliphatic hydroxyl groups is 1. The largest absolute Gasteiger partial charge is 0.504 e. The van der Waals surface area contributed by atoms with Crippen LogP contribution in [0.1, 0.15) is 37.3 Å². The Kier molecular flexibility index (Phi) is 9.17. The smallest absolute Gasteiger partial charge is 0.337 e. The number of ether oxygens (including phenoxy) is 5. The molecule has 0 amide bonds. The van der Waals surface area contributed by atoms with E-state index in [4.69, 9.17) is 23.7 Å². The highest BCUT2D eigenvalue weighted by molar-refractivity contribution is 5.72. The number of likely N-dealkylation sites (tertiary alicyclic amines) is 1. The number of rotatable bonds is 11. The molecule has 9 heteroatoms. The Morgan fingerprint density at radius 1 is 1.17 bits per heavy atom. The molecule has 2 aliphatic rings. The predicted octanol–water partition coefficient (Wildman–Crippen LogP) is 2.30. The standard InChI is InChI=1S/C26H39NO8/c1-18-6-7-21(32-5)24(29)23(18)25-10-11-27(3)19(2)26(25,30)9-8-20(16-25)35-22(28)17-34-15-14-33-13-12-31-4/h6-8,19,29-30H,9-17H2,1-5H3. The molecule has 1 aliphatic carbocycles. The molecule has 2 N–H and O–H groups in total. The molecule has 1 fully saturated rings. The fourth-order valence-electron chi connectivity index (χ4n) is 5.43. The van der Waals surface area contributed by atoms with Crippen LogP contribution in [0.3, 0.4) is 0 Å². The van der Waals surface area contributed by atoms with Gasteiger partial charge in [0.1, 0.15) is 12.4 Å². The minimum atomic E-state index is -1.18. The maximum atomic E-state index is 12.5. The summed E-state index contributed by atoms with van der Waals surface area (Å²) in [6, 6.07) is 3.42. The number of benzene rings is 1. The van der Waals surface area contributed by atoms with Crippen LogP contribution >= 0.6 is 0 Å². The number of phenols is 1. The van der Waals surface area contributed by atoms with Gasteiger partial charge in [0.05, 0.1) is 39.1 Å². The van der Waals surface area contributed by atoms with Crippen LogP contribution in [0, 0.1) is 6.92 Å². The highest BCUT2D eigenvalue weighted by Crippen LogP contribution is 2.57. The first-order chi connectivity index (χ1) is 16.7. The second-order valence-electron chi connectivity index (χ2n) is 9.40. The Morgan fingerprint density at radius 2 is 1.89 bits per heavy atom. The van der Waals surface area contributed by atoms with Crippen molar-refractivity contribution in [2.45, 2.75) is 50.2 Å². The maximum Gasteiger partial charge on any atom is 0.337 e. The molecule has 35 heavy (non-hydrogen) atoms. The number of aromatic hydroxyl groups is 1. The third-order valence-corrected chi connectivity index (χ3v) is 7.51. The van der Waals surface area contributed by atoms with Crippen LogP contribution in [0.15, 0.2) is 24.0 Å². The second-order valence-corrected chi connectivity index (χ2v) is 9.40. The van der Waals surface area contributed by atoms with E-state index in [0.717, 1.165) is 5.56 Å². The van der Waals surface area contributed by atoms with E-state index in [-0.39, 0.29) is 37.8 Å². The normalized spacial score (nSPS) is 26.7. The number of likely N-dealkylation sites (N-methyl/N-ethyl adjacent to an activating group) is 1. The highest BCUT2D eigenvalue weighted by atomic mass is 16.6. The molecule has 0 saturated carbocycles. The lowest BCUT2D eigenvalue weighted by atomic mass is 9.54. The lowest BCUT2D eigenvalue weighted by Crippen LogP contribution is -2.68. The minimum Gasteiger partial charge on any atom is -0.504 e. The predicted molar refractivity (Wildman–Crippen MR) is 130 cm³/mol. The lowest BCUT2D eigenvalue weighted by molar-refractivity contribution is -0.152. The van der Waals surface area contributed by atoms with Crippen molar-refractivity contribution in [1.29, 1.82) is 0 Å². The van der Waals surface area contributed by atoms with E-state index in [1.54, 1.807) is 19.3 Å². The number of aryl methyl sites for hydroxylation is 1. The molecule has 1 saturated heterocycles. The van der Waals surface area contributed by atoms with Crippen LogP contribution < -0.4 is 4.74 Å². The number of hydrogen-bond acceptors (Lipinski definition) is 9. The van der Waals surface area contributed by atoms with Crippen LogP contribution in [0.2, 0.25) is 0 Å². The van der Waals surface area contributed by atoms with E-state index in [9.17, 15) is 15.0 Å². The first-order valence-electron chi connectivity index (χ1n) is 12.0. The summed E-state index contributed by atoms with van der Waals surface area (Å²) in [5, 5.41) is 23.3. The van der Waals surface area contributed by atoms with Crippen molar-refractivity contribution in [2.24, 2.45) is 0 Å². The van der Waals surface area contributed by atoms with E-state index in [1.807, 2.05) is 27.0 Å². The molecular weight excluding hydrogens is 454 g/mol. The van der Waals surface area contributed by atoms with E-state index in [1.165, 1.54) is 7.11 Å². The van der Waals surface area contributed by atoms with Crippen LogP contribution in [0.5, 0.6) is 11.5 Å². The zero-order valence-corrected chi connectivity index (χ0v) is 21.5. The minimum absolute atomic E-state index is 0.0204. The number of nitrogens with zero attached hydrogens (tertiary/aromatic N) is 1. The lowest BCUT2D eigenvalue weighted by Gasteiger charge is -2.59. The van der Waals surface area contributed by atoms with Crippen LogP contribution in [-0.4, -0.2) is 93.6 Å². The SMILES string of the molecule is COCCOCCOCC(=O)OC1=CCC2(O)C(C)N(C)CCC2(c2c(C)ccc(OC)c2O)C1. The summed E-state index contributed by atoms with van der Waals surface area (Å²) < 4.78 is 26.7. The van der Waals surface area contributed by atoms with Crippen molar-refractivity contribution in [3.05, 3.63) is 35.1 Å².